The number of aromatic nitrogens is 1. The number of hydrogen-bond donors (Lipinski definition) is 3. The SMILES string of the molecule is Nc1cccc(CC(=O)NCCc2nc(C(=O)O)cs2)c1. The van der Waals surface area contributed by atoms with Gasteiger partial charge in [0, 0.05) is 24.0 Å². The lowest BCUT2D eigenvalue weighted by atomic mass is 10.1. The fraction of sp³-hybridized carbons (Fsp3) is 0.214. The predicted molar refractivity (Wildman–Crippen MR) is 80.3 cm³/mol. The van der Waals surface area contributed by atoms with Crippen LogP contribution in [-0.2, 0) is 17.6 Å². The highest BCUT2D eigenvalue weighted by Crippen LogP contribution is 2.10. The molecular weight excluding hydrogens is 290 g/mol. The molecule has 0 aliphatic rings. The summed E-state index contributed by atoms with van der Waals surface area (Å²) in [6.07, 6.45) is 0.782. The lowest BCUT2D eigenvalue weighted by Gasteiger charge is -2.04. The highest BCUT2D eigenvalue weighted by molar-refractivity contribution is 7.09. The fourth-order valence-corrected chi connectivity index (χ4v) is 2.56. The topological polar surface area (TPSA) is 105 Å². The molecule has 0 aliphatic heterocycles. The van der Waals surface area contributed by atoms with E-state index in [-0.39, 0.29) is 18.0 Å². The van der Waals surface area contributed by atoms with Crippen LogP contribution in [0.15, 0.2) is 29.6 Å². The van der Waals surface area contributed by atoms with Crippen molar-refractivity contribution in [1.82, 2.24) is 10.3 Å². The van der Waals surface area contributed by atoms with Crippen molar-refractivity contribution >= 4 is 28.9 Å². The van der Waals surface area contributed by atoms with Gasteiger partial charge in [-0.1, -0.05) is 12.1 Å². The monoisotopic (exact) mass is 305 g/mol. The van der Waals surface area contributed by atoms with Gasteiger partial charge in [-0.15, -0.1) is 11.3 Å². The highest BCUT2D eigenvalue weighted by Gasteiger charge is 2.09. The first kappa shape index (κ1) is 15.0. The number of carbonyl (C=O) groups excluding carboxylic acids is 1. The molecule has 1 aromatic heterocycles. The Hall–Kier alpha value is -2.41. The summed E-state index contributed by atoms with van der Waals surface area (Å²) >= 11 is 1.28. The molecule has 0 radical (unpaired) electrons. The number of nitrogens with one attached hydrogen (secondary N) is 1. The largest absolute Gasteiger partial charge is 0.476 e. The minimum Gasteiger partial charge on any atom is -0.476 e. The first-order valence-electron chi connectivity index (χ1n) is 6.33. The summed E-state index contributed by atoms with van der Waals surface area (Å²) < 4.78 is 0. The summed E-state index contributed by atoms with van der Waals surface area (Å²) in [5.41, 5.74) is 7.18. The van der Waals surface area contributed by atoms with Crippen LogP contribution in [0.2, 0.25) is 0 Å². The van der Waals surface area contributed by atoms with E-state index in [9.17, 15) is 9.59 Å². The summed E-state index contributed by atoms with van der Waals surface area (Å²) in [6.45, 7) is 0.424. The van der Waals surface area contributed by atoms with Crippen molar-refractivity contribution in [3.05, 3.63) is 45.9 Å². The van der Waals surface area contributed by atoms with E-state index in [1.54, 1.807) is 18.2 Å². The molecule has 21 heavy (non-hydrogen) atoms. The molecule has 1 heterocycles. The minimum absolute atomic E-state index is 0.0427. The first-order chi connectivity index (χ1) is 10.0. The summed E-state index contributed by atoms with van der Waals surface area (Å²) in [6, 6.07) is 7.18. The third-order valence-corrected chi connectivity index (χ3v) is 3.66. The summed E-state index contributed by atoms with van der Waals surface area (Å²) in [4.78, 5) is 26.4. The van der Waals surface area contributed by atoms with Crippen LogP contribution in [0.1, 0.15) is 21.1 Å². The molecule has 0 saturated carbocycles. The number of thiazole rings is 1. The van der Waals surface area contributed by atoms with Crippen molar-refractivity contribution in [2.24, 2.45) is 0 Å². The molecule has 4 N–H and O–H groups in total. The van der Waals surface area contributed by atoms with E-state index in [0.717, 1.165) is 5.56 Å². The van der Waals surface area contributed by atoms with Gasteiger partial charge in [-0.3, -0.25) is 4.79 Å². The van der Waals surface area contributed by atoms with E-state index in [1.807, 2.05) is 6.07 Å². The van der Waals surface area contributed by atoms with Crippen molar-refractivity contribution in [3.63, 3.8) is 0 Å². The van der Waals surface area contributed by atoms with Gasteiger partial charge in [-0.05, 0) is 17.7 Å². The van der Waals surface area contributed by atoms with Crippen LogP contribution >= 0.6 is 11.3 Å². The zero-order chi connectivity index (χ0) is 15.2. The molecule has 0 unspecified atom stereocenters. The van der Waals surface area contributed by atoms with E-state index < -0.39 is 5.97 Å². The molecule has 110 valence electrons. The molecule has 0 aliphatic carbocycles. The van der Waals surface area contributed by atoms with E-state index in [1.165, 1.54) is 16.7 Å². The van der Waals surface area contributed by atoms with Gasteiger partial charge in [-0.25, -0.2) is 9.78 Å². The van der Waals surface area contributed by atoms with Gasteiger partial charge >= 0.3 is 5.97 Å². The number of rotatable bonds is 6. The predicted octanol–water partition coefficient (Wildman–Crippen LogP) is 1.32. The van der Waals surface area contributed by atoms with Crippen LogP contribution in [0, 0.1) is 0 Å². The van der Waals surface area contributed by atoms with Crippen LogP contribution < -0.4 is 11.1 Å². The Labute approximate surface area is 125 Å². The number of amides is 1. The Kier molecular flexibility index (Phi) is 4.89. The Bertz CT molecular complexity index is 654. The molecular formula is C14H15N3O3S. The van der Waals surface area contributed by atoms with E-state index in [2.05, 4.69) is 10.3 Å². The second-order valence-corrected chi connectivity index (χ2v) is 5.40. The Balaban J connectivity index is 1.77. The minimum atomic E-state index is -1.04. The van der Waals surface area contributed by atoms with Crippen LogP contribution in [0.4, 0.5) is 5.69 Å². The lowest BCUT2D eigenvalue weighted by molar-refractivity contribution is -0.120. The third kappa shape index (κ3) is 4.57. The molecule has 1 amide bonds. The zero-order valence-corrected chi connectivity index (χ0v) is 12.0. The van der Waals surface area contributed by atoms with Crippen molar-refractivity contribution in [1.29, 1.82) is 0 Å². The van der Waals surface area contributed by atoms with Crippen LogP contribution in [-0.4, -0.2) is 28.5 Å². The molecule has 0 saturated heterocycles. The number of nitrogens with two attached hydrogens (primary N) is 1. The average Bonchev–Trinajstić information content (AvgIpc) is 2.87. The molecule has 7 heteroatoms. The normalized spacial score (nSPS) is 10.3. The number of nitrogen functional groups attached to an aromatic ring is 1. The van der Waals surface area contributed by atoms with Gasteiger partial charge in [0.15, 0.2) is 5.69 Å². The van der Waals surface area contributed by atoms with E-state index in [0.29, 0.717) is 23.7 Å². The van der Waals surface area contributed by atoms with Gasteiger partial charge in [0.2, 0.25) is 5.91 Å². The molecule has 0 spiro atoms. The molecule has 0 bridgehead atoms. The summed E-state index contributed by atoms with van der Waals surface area (Å²) in [5.74, 6) is -1.14. The molecule has 1 aromatic carbocycles. The van der Waals surface area contributed by atoms with Crippen molar-refractivity contribution in [2.45, 2.75) is 12.8 Å². The maximum Gasteiger partial charge on any atom is 0.355 e. The molecule has 0 atom stereocenters. The molecule has 2 rings (SSSR count). The van der Waals surface area contributed by atoms with E-state index >= 15 is 0 Å². The van der Waals surface area contributed by atoms with Crippen molar-refractivity contribution in [2.75, 3.05) is 12.3 Å². The number of benzene rings is 1. The average molecular weight is 305 g/mol. The Morgan fingerprint density at radius 1 is 1.38 bits per heavy atom. The number of carboxylic acids is 1. The van der Waals surface area contributed by atoms with Gasteiger partial charge in [0.25, 0.3) is 0 Å². The number of anilines is 1. The Morgan fingerprint density at radius 2 is 2.19 bits per heavy atom. The van der Waals surface area contributed by atoms with Crippen LogP contribution in [0.3, 0.4) is 0 Å². The van der Waals surface area contributed by atoms with Crippen LogP contribution in [0.25, 0.3) is 0 Å². The second kappa shape index (κ2) is 6.85. The standard InChI is InChI=1S/C14H15N3O3S/c15-10-3-1-2-9(6-10)7-12(18)16-5-4-13-17-11(8-21-13)14(19)20/h1-3,6,8H,4-5,7,15H2,(H,16,18)(H,19,20). The number of hydrogen-bond acceptors (Lipinski definition) is 5. The smallest absolute Gasteiger partial charge is 0.355 e. The number of nitrogens with zero attached hydrogens (tertiary/aromatic N) is 1. The van der Waals surface area contributed by atoms with Gasteiger partial charge in [0.1, 0.15) is 0 Å². The van der Waals surface area contributed by atoms with Gasteiger partial charge < -0.3 is 16.2 Å². The summed E-state index contributed by atoms with van der Waals surface area (Å²) in [5, 5.41) is 13.7. The molecule has 6 nitrogen and oxygen atoms in total. The molecule has 2 aromatic rings. The first-order valence-corrected chi connectivity index (χ1v) is 7.21. The fourth-order valence-electron chi connectivity index (χ4n) is 1.78. The zero-order valence-electron chi connectivity index (χ0n) is 11.2. The third-order valence-electron chi connectivity index (χ3n) is 2.75. The number of carbonyl (C=O) groups is 2. The Morgan fingerprint density at radius 3 is 2.86 bits per heavy atom. The van der Waals surface area contributed by atoms with Gasteiger partial charge in [-0.2, -0.15) is 0 Å². The summed E-state index contributed by atoms with van der Waals surface area (Å²) in [7, 11) is 0. The quantitative estimate of drug-likeness (QED) is 0.698. The van der Waals surface area contributed by atoms with Gasteiger partial charge in [0.05, 0.1) is 11.4 Å². The van der Waals surface area contributed by atoms with Crippen molar-refractivity contribution in [3.8, 4) is 0 Å². The maximum absolute atomic E-state index is 11.8. The van der Waals surface area contributed by atoms with Crippen molar-refractivity contribution < 1.29 is 14.7 Å². The second-order valence-electron chi connectivity index (χ2n) is 4.45. The highest BCUT2D eigenvalue weighted by atomic mass is 32.1. The molecule has 0 fully saturated rings. The lowest BCUT2D eigenvalue weighted by Crippen LogP contribution is -2.27. The number of carboxylic acid groups (broad SMARTS) is 1. The van der Waals surface area contributed by atoms with Crippen LogP contribution in [0.5, 0.6) is 0 Å². The maximum atomic E-state index is 11.8. The number of aromatic carboxylic acids is 1. The van der Waals surface area contributed by atoms with E-state index in [4.69, 9.17) is 10.8 Å².